The fourth-order valence-electron chi connectivity index (χ4n) is 2.08. The third-order valence-electron chi connectivity index (χ3n) is 3.20. The normalized spacial score (nSPS) is 11.1. The van der Waals surface area contributed by atoms with E-state index in [4.69, 9.17) is 4.65 Å². The van der Waals surface area contributed by atoms with Crippen LogP contribution in [-0.4, -0.2) is 12.9 Å². The van der Waals surface area contributed by atoms with Gasteiger partial charge in [0, 0.05) is 6.92 Å². The van der Waals surface area contributed by atoms with Gasteiger partial charge in [0.05, 0.1) is 5.56 Å². The van der Waals surface area contributed by atoms with Gasteiger partial charge in [-0.1, -0.05) is 54.1 Å². The lowest BCUT2D eigenvalue weighted by atomic mass is 9.55. The molecule has 0 aliphatic carbocycles. The van der Waals surface area contributed by atoms with Crippen LogP contribution in [0.25, 0.3) is 0 Å². The van der Waals surface area contributed by atoms with E-state index in [1.807, 2.05) is 19.1 Å². The molecule has 6 heteroatoms. The number of carbonyl (C=O) groups excluding carboxylic acids is 1. The summed E-state index contributed by atoms with van der Waals surface area (Å²) in [5, 5.41) is 0. The number of aryl methyl sites for hydroxylation is 1. The number of alkyl halides is 3. The van der Waals surface area contributed by atoms with E-state index in [0.717, 1.165) is 17.7 Å². The highest BCUT2D eigenvalue weighted by atomic mass is 19.4. The Bertz CT molecular complexity index is 649. The van der Waals surface area contributed by atoms with Crippen LogP contribution in [0, 0.1) is 6.92 Å². The molecule has 0 bridgehead atoms. The smallest absolute Gasteiger partial charge is 0.429 e. The first-order valence-corrected chi connectivity index (χ1v) is 6.68. The minimum absolute atomic E-state index is 0.493. The summed E-state index contributed by atoms with van der Waals surface area (Å²) in [6, 6.07) is 11.9. The van der Waals surface area contributed by atoms with E-state index >= 15 is 0 Å². The summed E-state index contributed by atoms with van der Waals surface area (Å²) < 4.78 is 43.1. The monoisotopic (exact) mass is 306 g/mol. The van der Waals surface area contributed by atoms with Gasteiger partial charge in [0.1, 0.15) is 0 Å². The lowest BCUT2D eigenvalue weighted by Gasteiger charge is -2.15. The van der Waals surface area contributed by atoms with Gasteiger partial charge >= 0.3 is 13.1 Å². The van der Waals surface area contributed by atoms with E-state index < -0.39 is 24.6 Å². The predicted octanol–water partition coefficient (Wildman–Crippen LogP) is 2.68. The first-order chi connectivity index (χ1) is 10.3. The Balaban J connectivity index is 2.37. The maximum absolute atomic E-state index is 12.6. The third-order valence-corrected chi connectivity index (χ3v) is 3.20. The summed E-state index contributed by atoms with van der Waals surface area (Å²) in [4.78, 5) is 11.3. The van der Waals surface area contributed by atoms with Crippen molar-refractivity contribution in [3.05, 3.63) is 59.7 Å². The highest BCUT2D eigenvalue weighted by Crippen LogP contribution is 2.28. The lowest BCUT2D eigenvalue weighted by Crippen LogP contribution is -2.46. The molecule has 2 aromatic carbocycles. The highest BCUT2D eigenvalue weighted by Gasteiger charge is 2.31. The van der Waals surface area contributed by atoms with Crippen LogP contribution >= 0.6 is 0 Å². The van der Waals surface area contributed by atoms with E-state index in [1.54, 1.807) is 12.1 Å². The second-order valence-electron chi connectivity index (χ2n) is 5.02. The third kappa shape index (κ3) is 3.90. The molecule has 0 radical (unpaired) electrons. The maximum Gasteiger partial charge on any atom is 0.429 e. The predicted molar refractivity (Wildman–Crippen MR) is 79.4 cm³/mol. The Morgan fingerprint density at radius 1 is 0.955 bits per heavy atom. The van der Waals surface area contributed by atoms with Gasteiger partial charge in [0.2, 0.25) is 0 Å². The van der Waals surface area contributed by atoms with Crippen molar-refractivity contribution in [3.8, 4) is 0 Å². The molecule has 0 saturated carbocycles. The zero-order chi connectivity index (χ0) is 16.3. The second kappa shape index (κ2) is 6.26. The molecule has 114 valence electrons. The molecular formula is C16H14BF3O2. The molecular weight excluding hydrogens is 292 g/mol. The van der Waals surface area contributed by atoms with Gasteiger partial charge in [-0.05, 0) is 17.8 Å². The van der Waals surface area contributed by atoms with E-state index in [9.17, 15) is 18.0 Å². The summed E-state index contributed by atoms with van der Waals surface area (Å²) in [6.45, 7) is 2.47. The molecule has 2 aromatic rings. The molecule has 0 atom stereocenters. The summed E-state index contributed by atoms with van der Waals surface area (Å²) in [5.41, 5.74) is 1.51. The van der Waals surface area contributed by atoms with Gasteiger partial charge in [-0.2, -0.15) is 13.2 Å². The van der Waals surface area contributed by atoms with Crippen LogP contribution in [0.15, 0.2) is 48.5 Å². The van der Waals surface area contributed by atoms with Crippen LogP contribution in [0.4, 0.5) is 13.2 Å². The maximum atomic E-state index is 12.6. The fourth-order valence-corrected chi connectivity index (χ4v) is 2.08. The number of rotatable bonds is 3. The van der Waals surface area contributed by atoms with E-state index in [1.165, 1.54) is 19.1 Å². The SMILES string of the molecule is CC(=O)OB(c1ccc(C)cc1)c1ccc(C(F)(F)F)cc1. The van der Waals surface area contributed by atoms with E-state index in [-0.39, 0.29) is 0 Å². The fraction of sp³-hybridized carbons (Fsp3) is 0.188. The van der Waals surface area contributed by atoms with Crippen molar-refractivity contribution in [1.82, 2.24) is 0 Å². The Labute approximate surface area is 127 Å². The summed E-state index contributed by atoms with van der Waals surface area (Å²) in [7, 11) is 0. The Morgan fingerprint density at radius 2 is 1.41 bits per heavy atom. The molecule has 0 aliphatic heterocycles. The lowest BCUT2D eigenvalue weighted by molar-refractivity contribution is -0.137. The molecule has 0 N–H and O–H groups in total. The van der Waals surface area contributed by atoms with Crippen LogP contribution in [0.5, 0.6) is 0 Å². The molecule has 2 rings (SSSR count). The number of benzene rings is 2. The summed E-state index contributed by atoms with van der Waals surface area (Å²) in [5.74, 6) is -0.495. The number of hydrogen-bond acceptors (Lipinski definition) is 2. The first-order valence-electron chi connectivity index (χ1n) is 6.68. The molecule has 0 unspecified atom stereocenters. The van der Waals surface area contributed by atoms with Crippen LogP contribution in [0.3, 0.4) is 0 Å². The molecule has 0 aliphatic rings. The van der Waals surface area contributed by atoms with E-state index in [0.29, 0.717) is 10.9 Å². The zero-order valence-electron chi connectivity index (χ0n) is 12.1. The van der Waals surface area contributed by atoms with E-state index in [2.05, 4.69) is 0 Å². The van der Waals surface area contributed by atoms with Crippen molar-refractivity contribution in [2.24, 2.45) is 0 Å². The molecule has 2 nitrogen and oxygen atoms in total. The van der Waals surface area contributed by atoms with Gasteiger partial charge in [-0.3, -0.25) is 4.79 Å². The Hall–Kier alpha value is -2.24. The average molecular weight is 306 g/mol. The number of halogens is 3. The summed E-state index contributed by atoms with van der Waals surface area (Å²) in [6.07, 6.45) is -4.39. The van der Waals surface area contributed by atoms with Gasteiger partial charge in [-0.25, -0.2) is 0 Å². The second-order valence-corrected chi connectivity index (χ2v) is 5.02. The van der Waals surface area contributed by atoms with Gasteiger partial charge in [0.15, 0.2) is 0 Å². The minimum Gasteiger partial charge on any atom is -0.526 e. The van der Waals surface area contributed by atoms with Crippen LogP contribution < -0.4 is 10.9 Å². The van der Waals surface area contributed by atoms with Crippen LogP contribution in [-0.2, 0) is 15.6 Å². The molecule has 0 aromatic heterocycles. The molecule has 0 heterocycles. The van der Waals surface area contributed by atoms with Crippen LogP contribution in [0.1, 0.15) is 18.1 Å². The van der Waals surface area contributed by atoms with Crippen molar-refractivity contribution in [3.63, 3.8) is 0 Å². The Morgan fingerprint density at radius 3 is 1.82 bits per heavy atom. The van der Waals surface area contributed by atoms with Crippen molar-refractivity contribution < 1.29 is 22.6 Å². The average Bonchev–Trinajstić information content (AvgIpc) is 2.45. The number of carbonyl (C=O) groups is 1. The van der Waals surface area contributed by atoms with Crippen molar-refractivity contribution in [2.75, 3.05) is 0 Å². The molecule has 0 spiro atoms. The summed E-state index contributed by atoms with van der Waals surface area (Å²) >= 11 is 0. The number of hydrogen-bond donors (Lipinski definition) is 0. The van der Waals surface area contributed by atoms with Gasteiger partial charge < -0.3 is 4.65 Å². The standard InChI is InChI=1S/C16H14BF3O2/c1-11-3-7-14(8-4-11)17(22-12(2)21)15-9-5-13(6-10-15)16(18,19)20/h3-10H,1-2H3. The minimum atomic E-state index is -4.39. The molecule has 0 amide bonds. The molecule has 0 saturated heterocycles. The van der Waals surface area contributed by atoms with Crippen LogP contribution in [0.2, 0.25) is 0 Å². The largest absolute Gasteiger partial charge is 0.526 e. The highest BCUT2D eigenvalue weighted by molar-refractivity contribution is 6.81. The van der Waals surface area contributed by atoms with Crippen molar-refractivity contribution >= 4 is 23.8 Å². The van der Waals surface area contributed by atoms with Crippen molar-refractivity contribution in [2.45, 2.75) is 20.0 Å². The molecule has 0 fully saturated rings. The van der Waals surface area contributed by atoms with Crippen molar-refractivity contribution in [1.29, 1.82) is 0 Å². The van der Waals surface area contributed by atoms with Gasteiger partial charge in [-0.15, -0.1) is 0 Å². The Kier molecular flexibility index (Phi) is 4.59. The quantitative estimate of drug-likeness (QED) is 0.815. The zero-order valence-corrected chi connectivity index (χ0v) is 12.1. The first kappa shape index (κ1) is 16.1. The van der Waals surface area contributed by atoms with Gasteiger partial charge in [0.25, 0.3) is 5.97 Å². The molecule has 22 heavy (non-hydrogen) atoms. The topological polar surface area (TPSA) is 26.3 Å².